The van der Waals surface area contributed by atoms with Crippen LogP contribution in [0.1, 0.15) is 13.3 Å². The molecule has 0 aliphatic heterocycles. The van der Waals surface area contributed by atoms with Gasteiger partial charge in [0.2, 0.25) is 0 Å². The van der Waals surface area contributed by atoms with Gasteiger partial charge in [-0.05, 0) is 12.1 Å². The molecule has 0 radical (unpaired) electrons. The van der Waals surface area contributed by atoms with Gasteiger partial charge in [-0.25, -0.2) is 0 Å². The number of aromatic amines is 1. The highest BCUT2D eigenvalue weighted by atomic mass is 32.2. The maximum atomic E-state index is 11.2. The summed E-state index contributed by atoms with van der Waals surface area (Å²) in [6.45, 7) is 1.90. The van der Waals surface area contributed by atoms with Crippen LogP contribution in [-0.2, 0) is 4.79 Å². The number of hydrogen-bond acceptors (Lipinski definition) is 2. The number of carbonyl (C=O) groups excluding carboxylic acids is 1. The standard InChI is InChI=1S/C12H13NOS/c1-2-10(14)8-15-12-7-9-5-3-4-6-11(9)13-12/h3-7,13H,2,8H2,1H3. The summed E-state index contributed by atoms with van der Waals surface area (Å²) in [4.78, 5) is 14.5. The van der Waals surface area contributed by atoms with Crippen molar-refractivity contribution >= 4 is 28.4 Å². The summed E-state index contributed by atoms with van der Waals surface area (Å²) in [6, 6.07) is 10.2. The van der Waals surface area contributed by atoms with Gasteiger partial charge in [-0.1, -0.05) is 25.1 Å². The quantitative estimate of drug-likeness (QED) is 0.801. The smallest absolute Gasteiger partial charge is 0.142 e. The van der Waals surface area contributed by atoms with Crippen LogP contribution in [0.3, 0.4) is 0 Å². The average Bonchev–Trinajstić information content (AvgIpc) is 2.68. The van der Waals surface area contributed by atoms with Gasteiger partial charge in [0, 0.05) is 17.3 Å². The number of carbonyl (C=O) groups is 1. The molecule has 0 aliphatic carbocycles. The largest absolute Gasteiger partial charge is 0.350 e. The van der Waals surface area contributed by atoms with Crippen LogP contribution in [0.15, 0.2) is 35.4 Å². The molecule has 1 heterocycles. The molecular formula is C12H13NOS. The summed E-state index contributed by atoms with van der Waals surface area (Å²) in [5.41, 5.74) is 1.13. The number of para-hydroxylation sites is 1. The lowest BCUT2D eigenvalue weighted by atomic mass is 10.3. The lowest BCUT2D eigenvalue weighted by Crippen LogP contribution is -1.97. The minimum Gasteiger partial charge on any atom is -0.350 e. The second-order valence-electron chi connectivity index (χ2n) is 3.40. The molecule has 2 rings (SSSR count). The summed E-state index contributed by atoms with van der Waals surface area (Å²) in [6.07, 6.45) is 0.618. The van der Waals surface area contributed by atoms with Crippen LogP contribution in [-0.4, -0.2) is 16.5 Å². The molecule has 78 valence electrons. The van der Waals surface area contributed by atoms with Gasteiger partial charge in [-0.15, -0.1) is 11.8 Å². The van der Waals surface area contributed by atoms with Crippen LogP contribution in [0.4, 0.5) is 0 Å². The predicted molar refractivity (Wildman–Crippen MR) is 64.3 cm³/mol. The van der Waals surface area contributed by atoms with Crippen LogP contribution < -0.4 is 0 Å². The molecular weight excluding hydrogens is 206 g/mol. The van der Waals surface area contributed by atoms with E-state index in [1.165, 1.54) is 5.39 Å². The Morgan fingerprint density at radius 1 is 1.40 bits per heavy atom. The van der Waals surface area contributed by atoms with Crippen LogP contribution >= 0.6 is 11.8 Å². The first kappa shape index (κ1) is 10.3. The van der Waals surface area contributed by atoms with E-state index in [0.717, 1.165) is 10.5 Å². The lowest BCUT2D eigenvalue weighted by molar-refractivity contribution is -0.116. The third kappa shape index (κ3) is 2.42. The fourth-order valence-electron chi connectivity index (χ4n) is 1.38. The summed E-state index contributed by atoms with van der Waals surface area (Å²) in [7, 11) is 0. The molecule has 0 aliphatic rings. The van der Waals surface area contributed by atoms with E-state index in [2.05, 4.69) is 17.1 Å². The number of hydrogen-bond donors (Lipinski definition) is 1. The molecule has 1 aromatic heterocycles. The Morgan fingerprint density at radius 2 is 2.20 bits per heavy atom. The number of rotatable bonds is 4. The van der Waals surface area contributed by atoms with Crippen LogP contribution in [0.2, 0.25) is 0 Å². The van der Waals surface area contributed by atoms with Crippen LogP contribution in [0.5, 0.6) is 0 Å². The summed E-state index contributed by atoms with van der Waals surface area (Å²) < 4.78 is 0. The molecule has 0 saturated heterocycles. The van der Waals surface area contributed by atoms with Crippen LogP contribution in [0, 0.1) is 0 Å². The first-order valence-electron chi connectivity index (χ1n) is 5.02. The molecule has 1 aromatic carbocycles. The van der Waals surface area contributed by atoms with Crippen molar-refractivity contribution in [3.63, 3.8) is 0 Å². The fraction of sp³-hybridized carbons (Fsp3) is 0.250. The molecule has 0 spiro atoms. The minimum absolute atomic E-state index is 0.290. The van der Waals surface area contributed by atoms with E-state index in [1.54, 1.807) is 11.8 Å². The van der Waals surface area contributed by atoms with Crippen molar-refractivity contribution in [2.75, 3.05) is 5.75 Å². The van der Waals surface area contributed by atoms with Gasteiger partial charge in [0.1, 0.15) is 5.78 Å². The van der Waals surface area contributed by atoms with Gasteiger partial charge in [0.25, 0.3) is 0 Å². The van der Waals surface area contributed by atoms with Gasteiger partial charge in [-0.2, -0.15) is 0 Å². The van der Waals surface area contributed by atoms with E-state index in [4.69, 9.17) is 0 Å². The Bertz CT molecular complexity index is 442. The number of aromatic nitrogens is 1. The molecule has 3 heteroatoms. The van der Waals surface area contributed by atoms with Crippen LogP contribution in [0.25, 0.3) is 10.9 Å². The fourth-order valence-corrected chi connectivity index (χ4v) is 2.30. The topological polar surface area (TPSA) is 32.9 Å². The molecule has 0 amide bonds. The van der Waals surface area contributed by atoms with E-state index >= 15 is 0 Å². The van der Waals surface area contributed by atoms with Gasteiger partial charge in [0.05, 0.1) is 10.8 Å². The number of ketones is 1. The maximum absolute atomic E-state index is 11.2. The third-order valence-electron chi connectivity index (χ3n) is 2.29. The van der Waals surface area contributed by atoms with Gasteiger partial charge >= 0.3 is 0 Å². The molecule has 1 N–H and O–H groups in total. The molecule has 0 saturated carbocycles. The van der Waals surface area contributed by atoms with Crippen molar-refractivity contribution in [2.45, 2.75) is 18.4 Å². The summed E-state index contributed by atoms with van der Waals surface area (Å²) in [5.74, 6) is 0.849. The number of nitrogens with one attached hydrogen (secondary N) is 1. The van der Waals surface area contributed by atoms with E-state index < -0.39 is 0 Å². The molecule has 0 atom stereocenters. The first-order valence-corrected chi connectivity index (χ1v) is 6.00. The van der Waals surface area contributed by atoms with Crippen molar-refractivity contribution in [1.29, 1.82) is 0 Å². The van der Waals surface area contributed by atoms with Crippen molar-refractivity contribution < 1.29 is 4.79 Å². The molecule has 0 unspecified atom stereocenters. The van der Waals surface area contributed by atoms with E-state index in [9.17, 15) is 4.79 Å². The predicted octanol–water partition coefficient (Wildman–Crippen LogP) is 3.24. The van der Waals surface area contributed by atoms with Crippen molar-refractivity contribution in [2.24, 2.45) is 0 Å². The Morgan fingerprint density at radius 3 is 2.93 bits per heavy atom. The highest BCUT2D eigenvalue weighted by molar-refractivity contribution is 7.99. The highest BCUT2D eigenvalue weighted by Gasteiger charge is 2.03. The summed E-state index contributed by atoms with van der Waals surface area (Å²) >= 11 is 1.57. The second kappa shape index (κ2) is 4.53. The van der Waals surface area contributed by atoms with Crippen molar-refractivity contribution in [3.8, 4) is 0 Å². The number of H-pyrrole nitrogens is 1. The zero-order valence-corrected chi connectivity index (χ0v) is 9.43. The van der Waals surface area contributed by atoms with E-state index in [0.29, 0.717) is 18.0 Å². The SMILES string of the molecule is CCC(=O)CSc1cc2ccccc2[nH]1. The normalized spacial score (nSPS) is 10.7. The number of thioether (sulfide) groups is 1. The lowest BCUT2D eigenvalue weighted by Gasteiger charge is -1.94. The molecule has 2 aromatic rings. The van der Waals surface area contributed by atoms with Gasteiger partial charge in [0.15, 0.2) is 0 Å². The molecule has 2 nitrogen and oxygen atoms in total. The number of fused-ring (bicyclic) bond motifs is 1. The Hall–Kier alpha value is -1.22. The Kier molecular flexibility index (Phi) is 3.11. The van der Waals surface area contributed by atoms with E-state index in [-0.39, 0.29) is 0 Å². The summed E-state index contributed by atoms with van der Waals surface area (Å²) in [5, 5.41) is 2.27. The minimum atomic E-state index is 0.290. The monoisotopic (exact) mass is 219 g/mol. The van der Waals surface area contributed by atoms with Gasteiger partial charge in [-0.3, -0.25) is 4.79 Å². The van der Waals surface area contributed by atoms with Crippen molar-refractivity contribution in [1.82, 2.24) is 4.98 Å². The Labute approximate surface area is 93.1 Å². The second-order valence-corrected chi connectivity index (χ2v) is 4.42. The zero-order valence-electron chi connectivity index (χ0n) is 8.62. The van der Waals surface area contributed by atoms with Crippen molar-refractivity contribution in [3.05, 3.63) is 30.3 Å². The van der Waals surface area contributed by atoms with Gasteiger partial charge < -0.3 is 4.98 Å². The van der Waals surface area contributed by atoms with E-state index in [1.807, 2.05) is 25.1 Å². The number of benzene rings is 1. The third-order valence-corrected chi connectivity index (χ3v) is 3.29. The zero-order chi connectivity index (χ0) is 10.7. The first-order chi connectivity index (χ1) is 7.29. The molecule has 15 heavy (non-hydrogen) atoms. The Balaban J connectivity index is 2.12. The maximum Gasteiger partial charge on any atom is 0.142 e. The number of Topliss-reactive ketones (excluding diaryl/α,β-unsaturated/α-hetero) is 1. The highest BCUT2D eigenvalue weighted by Crippen LogP contribution is 2.23. The average molecular weight is 219 g/mol. The molecule has 0 bridgehead atoms. The molecule has 0 fully saturated rings.